The number of nitrogens with one attached hydrogen (secondary N) is 2. The van der Waals surface area contributed by atoms with Crippen molar-refractivity contribution in [1.82, 2.24) is 10.0 Å². The van der Waals surface area contributed by atoms with E-state index in [2.05, 4.69) is 10.0 Å². The summed E-state index contributed by atoms with van der Waals surface area (Å²) in [4.78, 5) is 11.6. The predicted molar refractivity (Wildman–Crippen MR) is 98.3 cm³/mol. The molecule has 2 rings (SSSR count). The molecule has 0 aliphatic heterocycles. The molecule has 0 radical (unpaired) electrons. The van der Waals surface area contributed by atoms with Gasteiger partial charge in [-0.25, -0.2) is 13.1 Å². The summed E-state index contributed by atoms with van der Waals surface area (Å²) < 4.78 is 33.1. The van der Waals surface area contributed by atoms with Crippen LogP contribution < -0.4 is 20.5 Å². The molecule has 1 amide bonds. The van der Waals surface area contributed by atoms with Gasteiger partial charge in [0.15, 0.2) is 0 Å². The highest BCUT2D eigenvalue weighted by atomic mass is 35.5. The summed E-state index contributed by atoms with van der Waals surface area (Å²) in [7, 11) is -2.16. The maximum atomic E-state index is 12.6. The van der Waals surface area contributed by atoms with Crippen LogP contribution in [0, 0.1) is 5.92 Å². The normalized spacial score (nSPS) is 15.2. The molecule has 9 heteroatoms. The minimum atomic E-state index is -3.67. The monoisotopic (exact) mass is 391 g/mol. The van der Waals surface area contributed by atoms with Gasteiger partial charge in [0.2, 0.25) is 15.9 Å². The fourth-order valence-electron chi connectivity index (χ4n) is 2.48. The summed E-state index contributed by atoms with van der Waals surface area (Å²) >= 11 is 0. The van der Waals surface area contributed by atoms with Crippen LogP contribution >= 0.6 is 12.4 Å². The van der Waals surface area contributed by atoms with Gasteiger partial charge in [-0.05, 0) is 37.0 Å². The first-order valence-corrected chi connectivity index (χ1v) is 9.55. The first-order valence-electron chi connectivity index (χ1n) is 8.07. The van der Waals surface area contributed by atoms with E-state index in [1.54, 1.807) is 13.0 Å². The van der Waals surface area contributed by atoms with Crippen LogP contribution in [0.25, 0.3) is 0 Å². The molecule has 1 unspecified atom stereocenters. The minimum Gasteiger partial charge on any atom is -0.496 e. The number of benzene rings is 1. The third-order valence-corrected chi connectivity index (χ3v) is 5.60. The van der Waals surface area contributed by atoms with Gasteiger partial charge in [-0.15, -0.1) is 12.4 Å². The standard InChI is InChI=1S/C16H25N3O4S.ClH/c1-3-16(20)18-10-12-8-13(6-7-15(12)23-2)24(21,22)19-14(9-17)11-4-5-11;/h6-8,11,14,19H,3-5,9-10,17H2,1-2H3,(H,18,20);1H. The lowest BCUT2D eigenvalue weighted by molar-refractivity contribution is -0.120. The molecule has 25 heavy (non-hydrogen) atoms. The maximum Gasteiger partial charge on any atom is 0.240 e. The first kappa shape index (κ1) is 21.7. The second-order valence-electron chi connectivity index (χ2n) is 5.90. The molecule has 1 saturated carbocycles. The van der Waals surface area contributed by atoms with Crippen LogP contribution in [0.3, 0.4) is 0 Å². The number of amides is 1. The Hall–Kier alpha value is -1.35. The molecule has 0 aromatic heterocycles. The van der Waals surface area contributed by atoms with E-state index >= 15 is 0 Å². The lowest BCUT2D eigenvalue weighted by Crippen LogP contribution is -2.41. The summed E-state index contributed by atoms with van der Waals surface area (Å²) in [5, 5.41) is 2.73. The maximum absolute atomic E-state index is 12.6. The van der Waals surface area contributed by atoms with Gasteiger partial charge in [-0.2, -0.15) is 0 Å². The van der Waals surface area contributed by atoms with Crippen molar-refractivity contribution in [1.29, 1.82) is 0 Å². The van der Waals surface area contributed by atoms with E-state index in [-0.39, 0.29) is 42.3 Å². The van der Waals surface area contributed by atoms with E-state index in [1.165, 1.54) is 19.2 Å². The number of hydrogen-bond acceptors (Lipinski definition) is 5. The molecule has 1 aromatic carbocycles. The van der Waals surface area contributed by atoms with Crippen LogP contribution in [-0.4, -0.2) is 34.0 Å². The van der Waals surface area contributed by atoms with Crippen LogP contribution in [0.4, 0.5) is 0 Å². The van der Waals surface area contributed by atoms with Crippen LogP contribution in [0.15, 0.2) is 23.1 Å². The van der Waals surface area contributed by atoms with Crippen LogP contribution in [0.5, 0.6) is 5.75 Å². The number of sulfonamides is 1. The van der Waals surface area contributed by atoms with E-state index in [0.717, 1.165) is 12.8 Å². The molecule has 1 aliphatic rings. The Balaban J connectivity index is 0.00000312. The second-order valence-corrected chi connectivity index (χ2v) is 7.62. The molecule has 7 nitrogen and oxygen atoms in total. The quantitative estimate of drug-likeness (QED) is 0.585. The molecule has 142 valence electrons. The summed E-state index contributed by atoms with van der Waals surface area (Å²) in [6, 6.07) is 4.38. The van der Waals surface area contributed by atoms with E-state index in [4.69, 9.17) is 10.5 Å². The molecule has 0 saturated heterocycles. The summed E-state index contributed by atoms with van der Waals surface area (Å²) in [5.74, 6) is 0.745. The summed E-state index contributed by atoms with van der Waals surface area (Å²) in [6.45, 7) is 2.24. The van der Waals surface area contributed by atoms with Gasteiger partial charge in [0.25, 0.3) is 0 Å². The van der Waals surface area contributed by atoms with Crippen LogP contribution in [-0.2, 0) is 21.4 Å². The molecule has 0 spiro atoms. The van der Waals surface area contributed by atoms with Crippen LogP contribution in [0.2, 0.25) is 0 Å². The zero-order valence-corrected chi connectivity index (χ0v) is 16.1. The van der Waals surface area contributed by atoms with Crippen molar-refractivity contribution in [2.45, 2.75) is 43.7 Å². The molecular formula is C16H26ClN3O4S. The van der Waals surface area contributed by atoms with E-state index in [1.807, 2.05) is 0 Å². The number of nitrogens with two attached hydrogens (primary N) is 1. The fourth-order valence-corrected chi connectivity index (χ4v) is 3.85. The van der Waals surface area contributed by atoms with Crippen molar-refractivity contribution in [2.24, 2.45) is 11.7 Å². The number of rotatable bonds is 9. The Bertz CT molecular complexity index is 693. The Morgan fingerprint density at radius 2 is 2.08 bits per heavy atom. The molecular weight excluding hydrogens is 366 g/mol. The second kappa shape index (κ2) is 9.38. The number of methoxy groups -OCH3 is 1. The summed E-state index contributed by atoms with van der Waals surface area (Å²) in [6.07, 6.45) is 2.37. The largest absolute Gasteiger partial charge is 0.496 e. The van der Waals surface area contributed by atoms with Gasteiger partial charge in [0, 0.05) is 31.1 Å². The number of ether oxygens (including phenoxy) is 1. The molecule has 4 N–H and O–H groups in total. The Morgan fingerprint density at radius 3 is 2.60 bits per heavy atom. The van der Waals surface area contributed by atoms with Crippen LogP contribution in [0.1, 0.15) is 31.7 Å². The zero-order valence-electron chi connectivity index (χ0n) is 14.4. The van der Waals surface area contributed by atoms with Crippen molar-refractivity contribution in [3.63, 3.8) is 0 Å². The molecule has 1 fully saturated rings. The Morgan fingerprint density at radius 1 is 1.40 bits per heavy atom. The number of halogens is 1. The van der Waals surface area contributed by atoms with Crippen molar-refractivity contribution >= 4 is 28.3 Å². The van der Waals surface area contributed by atoms with Gasteiger partial charge in [0.05, 0.1) is 12.0 Å². The minimum absolute atomic E-state index is 0. The smallest absolute Gasteiger partial charge is 0.240 e. The molecule has 1 aromatic rings. The average Bonchev–Trinajstić information content (AvgIpc) is 3.42. The molecule has 0 heterocycles. The molecule has 1 aliphatic carbocycles. The topological polar surface area (TPSA) is 111 Å². The molecule has 1 atom stereocenters. The Kier molecular flexibility index (Phi) is 8.14. The zero-order chi connectivity index (χ0) is 17.7. The van der Waals surface area contributed by atoms with Gasteiger partial charge in [-0.1, -0.05) is 6.92 Å². The Labute approximate surface area is 155 Å². The van der Waals surface area contributed by atoms with Gasteiger partial charge in [-0.3, -0.25) is 4.79 Å². The number of carbonyl (C=O) groups is 1. The highest BCUT2D eigenvalue weighted by Crippen LogP contribution is 2.33. The highest BCUT2D eigenvalue weighted by Gasteiger charge is 2.33. The van der Waals surface area contributed by atoms with Gasteiger partial charge in [0.1, 0.15) is 5.75 Å². The van der Waals surface area contributed by atoms with E-state index < -0.39 is 10.0 Å². The van der Waals surface area contributed by atoms with E-state index in [9.17, 15) is 13.2 Å². The third-order valence-electron chi connectivity index (χ3n) is 4.11. The first-order chi connectivity index (χ1) is 11.4. The highest BCUT2D eigenvalue weighted by molar-refractivity contribution is 7.89. The lowest BCUT2D eigenvalue weighted by Gasteiger charge is -2.17. The SMILES string of the molecule is CCC(=O)NCc1cc(S(=O)(=O)NC(CN)C2CC2)ccc1OC.Cl. The van der Waals surface area contributed by atoms with Gasteiger partial charge < -0.3 is 15.8 Å². The summed E-state index contributed by atoms with van der Waals surface area (Å²) in [5.41, 5.74) is 6.29. The number of carbonyl (C=O) groups excluding carboxylic acids is 1. The fraction of sp³-hybridized carbons (Fsp3) is 0.562. The predicted octanol–water partition coefficient (Wildman–Crippen LogP) is 1.16. The van der Waals surface area contributed by atoms with Crippen molar-refractivity contribution in [2.75, 3.05) is 13.7 Å². The number of hydrogen-bond donors (Lipinski definition) is 3. The van der Waals surface area contributed by atoms with Crippen molar-refractivity contribution < 1.29 is 17.9 Å². The van der Waals surface area contributed by atoms with Crippen molar-refractivity contribution in [3.05, 3.63) is 23.8 Å². The van der Waals surface area contributed by atoms with E-state index in [0.29, 0.717) is 23.7 Å². The van der Waals surface area contributed by atoms with Crippen molar-refractivity contribution in [3.8, 4) is 5.75 Å². The third kappa shape index (κ3) is 5.85. The molecule has 0 bridgehead atoms. The van der Waals surface area contributed by atoms with Gasteiger partial charge >= 0.3 is 0 Å². The lowest BCUT2D eigenvalue weighted by atomic mass is 10.2. The average molecular weight is 392 g/mol.